The topological polar surface area (TPSA) is 78.4 Å². The summed E-state index contributed by atoms with van der Waals surface area (Å²) in [5.74, 6) is -1.17. The maximum atomic E-state index is 12.1. The molecule has 132 valence electrons. The van der Waals surface area contributed by atoms with Crippen LogP contribution in [-0.4, -0.2) is 30.1 Å². The van der Waals surface area contributed by atoms with Crippen LogP contribution in [0.4, 0.5) is 5.69 Å². The fraction of sp³-hybridized carbons (Fsp3) is 0.300. The standard InChI is InChI=1S/C20H24N2O3/c1-14-8-9-15(2)18(10-14)22-19(23)13-21-12-17(11-20(24)25)16-6-4-3-5-7-16/h3-10,17,21H,11-13H2,1-2H3,(H,22,23)(H,24,25). The Morgan fingerprint density at radius 2 is 1.80 bits per heavy atom. The van der Waals surface area contributed by atoms with Gasteiger partial charge >= 0.3 is 5.97 Å². The van der Waals surface area contributed by atoms with Crippen LogP contribution in [0.15, 0.2) is 48.5 Å². The Balaban J connectivity index is 1.89. The molecule has 0 radical (unpaired) electrons. The zero-order valence-electron chi connectivity index (χ0n) is 14.6. The van der Waals surface area contributed by atoms with Crippen LogP contribution in [0.1, 0.15) is 29.0 Å². The van der Waals surface area contributed by atoms with Crippen molar-refractivity contribution in [2.75, 3.05) is 18.4 Å². The molecule has 0 heterocycles. The van der Waals surface area contributed by atoms with Gasteiger partial charge in [-0.3, -0.25) is 9.59 Å². The van der Waals surface area contributed by atoms with Gasteiger partial charge in [-0.05, 0) is 36.6 Å². The van der Waals surface area contributed by atoms with E-state index in [2.05, 4.69) is 10.6 Å². The molecular weight excluding hydrogens is 316 g/mol. The molecule has 0 aliphatic rings. The molecule has 2 rings (SSSR count). The van der Waals surface area contributed by atoms with Gasteiger partial charge in [-0.25, -0.2) is 0 Å². The minimum atomic E-state index is -0.851. The highest BCUT2D eigenvalue weighted by molar-refractivity contribution is 5.93. The number of hydrogen-bond acceptors (Lipinski definition) is 3. The number of aryl methyl sites for hydroxylation is 2. The fourth-order valence-electron chi connectivity index (χ4n) is 2.67. The molecule has 0 spiro atoms. The van der Waals surface area contributed by atoms with E-state index in [1.54, 1.807) is 0 Å². The third-order valence-electron chi connectivity index (χ3n) is 4.04. The van der Waals surface area contributed by atoms with Crippen LogP contribution in [0.3, 0.4) is 0 Å². The normalized spacial score (nSPS) is 11.8. The Bertz CT molecular complexity index is 729. The number of rotatable bonds is 8. The van der Waals surface area contributed by atoms with Crippen LogP contribution in [0.2, 0.25) is 0 Å². The molecule has 0 aliphatic carbocycles. The second kappa shape index (κ2) is 8.99. The lowest BCUT2D eigenvalue weighted by molar-refractivity contribution is -0.137. The van der Waals surface area contributed by atoms with E-state index in [-0.39, 0.29) is 24.8 Å². The number of benzene rings is 2. The van der Waals surface area contributed by atoms with Crippen LogP contribution in [0.5, 0.6) is 0 Å². The molecule has 5 heteroatoms. The number of nitrogens with one attached hydrogen (secondary N) is 2. The zero-order chi connectivity index (χ0) is 18.2. The van der Waals surface area contributed by atoms with Crippen molar-refractivity contribution in [1.29, 1.82) is 0 Å². The van der Waals surface area contributed by atoms with Crippen molar-refractivity contribution in [3.8, 4) is 0 Å². The van der Waals surface area contributed by atoms with E-state index in [9.17, 15) is 9.59 Å². The maximum Gasteiger partial charge on any atom is 0.304 e. The van der Waals surface area contributed by atoms with Crippen LogP contribution in [0.25, 0.3) is 0 Å². The maximum absolute atomic E-state index is 12.1. The molecule has 0 saturated carbocycles. The van der Waals surface area contributed by atoms with E-state index in [4.69, 9.17) is 5.11 Å². The summed E-state index contributed by atoms with van der Waals surface area (Å²) in [5, 5.41) is 15.1. The number of hydrogen-bond donors (Lipinski definition) is 3. The number of carbonyl (C=O) groups is 2. The summed E-state index contributed by atoms with van der Waals surface area (Å²) in [4.78, 5) is 23.2. The van der Waals surface area contributed by atoms with Crippen molar-refractivity contribution in [2.45, 2.75) is 26.2 Å². The highest BCUT2D eigenvalue weighted by atomic mass is 16.4. The zero-order valence-corrected chi connectivity index (χ0v) is 14.6. The average molecular weight is 340 g/mol. The molecule has 2 aromatic carbocycles. The summed E-state index contributed by atoms with van der Waals surface area (Å²) in [6, 6.07) is 15.4. The van der Waals surface area contributed by atoms with Crippen molar-refractivity contribution < 1.29 is 14.7 Å². The minimum absolute atomic E-state index is 0.0234. The first-order chi connectivity index (χ1) is 12.0. The van der Waals surface area contributed by atoms with Crippen molar-refractivity contribution in [3.05, 3.63) is 65.2 Å². The van der Waals surface area contributed by atoms with Crippen molar-refractivity contribution in [3.63, 3.8) is 0 Å². The van der Waals surface area contributed by atoms with Gasteiger partial charge in [0, 0.05) is 18.2 Å². The van der Waals surface area contributed by atoms with Gasteiger partial charge in [-0.15, -0.1) is 0 Å². The molecule has 0 aromatic heterocycles. The summed E-state index contributed by atoms with van der Waals surface area (Å²) < 4.78 is 0. The Labute approximate surface area is 148 Å². The van der Waals surface area contributed by atoms with E-state index in [1.807, 2.05) is 62.4 Å². The second-order valence-corrected chi connectivity index (χ2v) is 6.20. The van der Waals surface area contributed by atoms with E-state index < -0.39 is 5.97 Å². The number of carboxylic acids is 1. The van der Waals surface area contributed by atoms with Gasteiger partial charge in [0.15, 0.2) is 0 Å². The van der Waals surface area contributed by atoms with Crippen LogP contribution < -0.4 is 10.6 Å². The van der Waals surface area contributed by atoms with Crippen molar-refractivity contribution in [1.82, 2.24) is 5.32 Å². The highest BCUT2D eigenvalue weighted by Gasteiger charge is 2.15. The van der Waals surface area contributed by atoms with Crippen LogP contribution in [-0.2, 0) is 9.59 Å². The summed E-state index contributed by atoms with van der Waals surface area (Å²) in [6.45, 7) is 4.48. The van der Waals surface area contributed by atoms with Gasteiger partial charge in [0.25, 0.3) is 0 Å². The van der Waals surface area contributed by atoms with Crippen LogP contribution in [0, 0.1) is 13.8 Å². The molecule has 1 unspecified atom stereocenters. The number of anilines is 1. The lowest BCUT2D eigenvalue weighted by atomic mass is 9.96. The average Bonchev–Trinajstić information content (AvgIpc) is 2.58. The summed E-state index contributed by atoms with van der Waals surface area (Å²) in [7, 11) is 0. The molecule has 1 amide bonds. The SMILES string of the molecule is Cc1ccc(C)c(NC(=O)CNCC(CC(=O)O)c2ccccc2)c1. The predicted molar refractivity (Wildman–Crippen MR) is 98.9 cm³/mol. The third-order valence-corrected chi connectivity index (χ3v) is 4.04. The number of carbonyl (C=O) groups excluding carboxylic acids is 1. The molecule has 0 fully saturated rings. The molecule has 2 aromatic rings. The van der Waals surface area contributed by atoms with E-state index >= 15 is 0 Å². The smallest absolute Gasteiger partial charge is 0.304 e. The Morgan fingerprint density at radius 1 is 1.08 bits per heavy atom. The largest absolute Gasteiger partial charge is 0.481 e. The summed E-state index contributed by atoms with van der Waals surface area (Å²) >= 11 is 0. The van der Waals surface area contributed by atoms with Crippen molar-refractivity contribution >= 4 is 17.6 Å². The van der Waals surface area contributed by atoms with E-state index in [0.717, 1.165) is 22.4 Å². The molecule has 0 bridgehead atoms. The van der Waals surface area contributed by atoms with Gasteiger partial charge in [0.05, 0.1) is 13.0 Å². The second-order valence-electron chi connectivity index (χ2n) is 6.20. The molecule has 5 nitrogen and oxygen atoms in total. The molecule has 0 aliphatic heterocycles. The van der Waals surface area contributed by atoms with Gasteiger partial charge in [-0.1, -0.05) is 42.5 Å². The van der Waals surface area contributed by atoms with Crippen molar-refractivity contribution in [2.24, 2.45) is 0 Å². The number of carboxylic acid groups (broad SMARTS) is 1. The highest BCUT2D eigenvalue weighted by Crippen LogP contribution is 2.19. The third kappa shape index (κ3) is 6.04. The van der Waals surface area contributed by atoms with E-state index in [1.165, 1.54) is 0 Å². The monoisotopic (exact) mass is 340 g/mol. The number of amides is 1. The first-order valence-electron chi connectivity index (χ1n) is 8.30. The first-order valence-corrected chi connectivity index (χ1v) is 8.30. The predicted octanol–water partition coefficient (Wildman–Crippen LogP) is 3.09. The minimum Gasteiger partial charge on any atom is -0.481 e. The van der Waals surface area contributed by atoms with Gasteiger partial charge in [0.2, 0.25) is 5.91 Å². The lowest BCUT2D eigenvalue weighted by Gasteiger charge is -2.16. The molecular formula is C20H24N2O3. The first kappa shape index (κ1) is 18.7. The molecule has 3 N–H and O–H groups in total. The van der Waals surface area contributed by atoms with Crippen LogP contribution >= 0.6 is 0 Å². The van der Waals surface area contributed by atoms with Gasteiger partial charge in [-0.2, -0.15) is 0 Å². The Hall–Kier alpha value is -2.66. The molecule has 25 heavy (non-hydrogen) atoms. The molecule has 0 saturated heterocycles. The molecule has 1 atom stereocenters. The summed E-state index contributed by atoms with van der Waals surface area (Å²) in [5.41, 5.74) is 3.84. The number of aliphatic carboxylic acids is 1. The summed E-state index contributed by atoms with van der Waals surface area (Å²) in [6.07, 6.45) is 0.0234. The van der Waals surface area contributed by atoms with Gasteiger partial charge < -0.3 is 15.7 Å². The van der Waals surface area contributed by atoms with Gasteiger partial charge in [0.1, 0.15) is 0 Å². The quantitative estimate of drug-likeness (QED) is 0.690. The van der Waals surface area contributed by atoms with E-state index in [0.29, 0.717) is 6.54 Å². The fourth-order valence-corrected chi connectivity index (χ4v) is 2.67. The Morgan fingerprint density at radius 3 is 2.48 bits per heavy atom. The Kier molecular flexibility index (Phi) is 6.71. The lowest BCUT2D eigenvalue weighted by Crippen LogP contribution is -2.32.